The Morgan fingerprint density at radius 3 is 2.47 bits per heavy atom. The summed E-state index contributed by atoms with van der Waals surface area (Å²) in [6.45, 7) is 5.51. The van der Waals surface area contributed by atoms with Crippen molar-refractivity contribution in [2.75, 3.05) is 26.2 Å². The lowest BCUT2D eigenvalue weighted by Gasteiger charge is -2.25. The second kappa shape index (κ2) is 5.03. The molecule has 19 heavy (non-hydrogen) atoms. The normalized spacial score (nSPS) is 18.9. The lowest BCUT2D eigenvalue weighted by Crippen LogP contribution is -2.43. The Balaban J connectivity index is 1.79. The zero-order valence-corrected chi connectivity index (χ0v) is 11.3. The lowest BCUT2D eigenvalue weighted by molar-refractivity contribution is 0.0845. The molecule has 0 aliphatic carbocycles. The van der Waals surface area contributed by atoms with Gasteiger partial charge in [0.25, 0.3) is 5.91 Å². The van der Waals surface area contributed by atoms with Gasteiger partial charge >= 0.3 is 0 Å². The van der Waals surface area contributed by atoms with Crippen LogP contribution in [-0.2, 0) is 0 Å². The Labute approximate surface area is 113 Å². The van der Waals surface area contributed by atoms with E-state index in [1.807, 2.05) is 36.1 Å². The zero-order valence-electron chi connectivity index (χ0n) is 11.3. The summed E-state index contributed by atoms with van der Waals surface area (Å²) in [4.78, 5) is 21.1. The molecule has 0 bridgehead atoms. The Hall–Kier alpha value is -1.84. The molecule has 100 valence electrons. The fourth-order valence-corrected chi connectivity index (χ4v) is 2.67. The van der Waals surface area contributed by atoms with Gasteiger partial charge in [-0.25, -0.2) is 0 Å². The maximum absolute atomic E-state index is 12.5. The highest BCUT2D eigenvalue weighted by Gasteiger charge is 2.29. The molecular formula is C15H19N3O. The van der Waals surface area contributed by atoms with Crippen LogP contribution in [0.4, 0.5) is 0 Å². The van der Waals surface area contributed by atoms with Crippen molar-refractivity contribution >= 4 is 11.9 Å². The van der Waals surface area contributed by atoms with Crippen LogP contribution < -0.4 is 0 Å². The highest BCUT2D eigenvalue weighted by molar-refractivity contribution is 6.06. The predicted molar refractivity (Wildman–Crippen MR) is 75.3 cm³/mol. The van der Waals surface area contributed by atoms with E-state index in [9.17, 15) is 4.79 Å². The Kier molecular flexibility index (Phi) is 3.23. The van der Waals surface area contributed by atoms with E-state index >= 15 is 0 Å². The monoisotopic (exact) mass is 257 g/mol. The first-order chi connectivity index (χ1) is 9.25. The lowest BCUT2D eigenvalue weighted by atomic mass is 10.1. The molecule has 2 heterocycles. The van der Waals surface area contributed by atoms with Crippen molar-refractivity contribution in [1.29, 1.82) is 0 Å². The van der Waals surface area contributed by atoms with Gasteiger partial charge in [-0.3, -0.25) is 14.7 Å². The van der Waals surface area contributed by atoms with E-state index in [1.54, 1.807) is 0 Å². The number of nitrogens with zero attached hydrogens (tertiary/aromatic N) is 3. The second-order valence-corrected chi connectivity index (χ2v) is 5.20. The summed E-state index contributed by atoms with van der Waals surface area (Å²) in [6.07, 6.45) is 2.40. The molecule has 4 nitrogen and oxygen atoms in total. The van der Waals surface area contributed by atoms with Gasteiger partial charge in [-0.05, 0) is 31.9 Å². The zero-order chi connectivity index (χ0) is 13.2. The van der Waals surface area contributed by atoms with Gasteiger partial charge in [-0.2, -0.15) is 0 Å². The highest BCUT2D eigenvalue weighted by atomic mass is 16.2. The average Bonchev–Trinajstić information content (AvgIpc) is 3.09. The number of aryl methyl sites for hydroxylation is 1. The van der Waals surface area contributed by atoms with Gasteiger partial charge in [-0.15, -0.1) is 0 Å². The van der Waals surface area contributed by atoms with E-state index in [0.717, 1.165) is 31.2 Å². The van der Waals surface area contributed by atoms with E-state index in [2.05, 4.69) is 9.89 Å². The van der Waals surface area contributed by atoms with Crippen LogP contribution in [0.1, 0.15) is 28.8 Å². The van der Waals surface area contributed by atoms with Crippen LogP contribution in [0.3, 0.4) is 0 Å². The van der Waals surface area contributed by atoms with Crippen molar-refractivity contribution in [3.05, 3.63) is 35.4 Å². The van der Waals surface area contributed by atoms with Gasteiger partial charge in [0.2, 0.25) is 5.96 Å². The topological polar surface area (TPSA) is 35.9 Å². The van der Waals surface area contributed by atoms with E-state index in [4.69, 9.17) is 0 Å². The number of hydrogen-bond acceptors (Lipinski definition) is 3. The number of carbonyl (C=O) groups is 1. The van der Waals surface area contributed by atoms with Crippen molar-refractivity contribution in [2.24, 2.45) is 4.99 Å². The largest absolute Gasteiger partial charge is 0.342 e. The smallest absolute Gasteiger partial charge is 0.260 e. The molecule has 1 fully saturated rings. The van der Waals surface area contributed by atoms with Gasteiger partial charge in [0.15, 0.2) is 0 Å². The van der Waals surface area contributed by atoms with Crippen molar-refractivity contribution < 1.29 is 4.79 Å². The minimum absolute atomic E-state index is 0.0724. The molecule has 0 saturated carbocycles. The molecule has 1 aromatic carbocycles. The summed E-state index contributed by atoms with van der Waals surface area (Å²) in [5, 5.41) is 0. The predicted octanol–water partition coefficient (Wildman–Crippen LogP) is 1.90. The summed E-state index contributed by atoms with van der Waals surface area (Å²) >= 11 is 0. The number of hydrogen-bond donors (Lipinski definition) is 0. The van der Waals surface area contributed by atoms with Crippen molar-refractivity contribution in [1.82, 2.24) is 9.80 Å². The molecule has 0 unspecified atom stereocenters. The molecule has 3 rings (SSSR count). The molecule has 1 amide bonds. The molecule has 0 radical (unpaired) electrons. The fourth-order valence-electron chi connectivity index (χ4n) is 2.67. The summed E-state index contributed by atoms with van der Waals surface area (Å²) in [5.74, 6) is 0.950. The Morgan fingerprint density at radius 2 is 1.79 bits per heavy atom. The molecule has 2 aliphatic rings. The van der Waals surface area contributed by atoms with E-state index in [0.29, 0.717) is 6.54 Å². The van der Waals surface area contributed by atoms with Crippen molar-refractivity contribution in [2.45, 2.75) is 19.8 Å². The number of aliphatic imine (C=N–C) groups is 1. The molecule has 1 aromatic rings. The average molecular weight is 257 g/mol. The standard InChI is InChI=1S/C15H19N3O/c1-12-4-6-13(7-5-12)14(19)18-11-8-16-15(18)17-9-2-3-10-17/h4-7H,2-3,8-11H2,1H3. The van der Waals surface area contributed by atoms with E-state index in [-0.39, 0.29) is 5.91 Å². The van der Waals surface area contributed by atoms with Crippen molar-refractivity contribution in [3.63, 3.8) is 0 Å². The minimum Gasteiger partial charge on any atom is -0.342 e. The highest BCUT2D eigenvalue weighted by Crippen LogP contribution is 2.17. The molecule has 0 aromatic heterocycles. The van der Waals surface area contributed by atoms with Gasteiger partial charge in [0.1, 0.15) is 0 Å². The van der Waals surface area contributed by atoms with E-state index in [1.165, 1.54) is 18.4 Å². The van der Waals surface area contributed by atoms with Crippen LogP contribution in [0, 0.1) is 6.92 Å². The summed E-state index contributed by atoms with van der Waals surface area (Å²) in [7, 11) is 0. The number of likely N-dealkylation sites (tertiary alicyclic amines) is 1. The maximum Gasteiger partial charge on any atom is 0.260 e. The first-order valence-electron chi connectivity index (χ1n) is 6.93. The molecule has 0 atom stereocenters. The fraction of sp³-hybridized carbons (Fsp3) is 0.467. The van der Waals surface area contributed by atoms with E-state index < -0.39 is 0 Å². The molecule has 2 aliphatic heterocycles. The van der Waals surface area contributed by atoms with Crippen LogP contribution in [0.25, 0.3) is 0 Å². The SMILES string of the molecule is Cc1ccc(C(=O)N2CCN=C2N2CCCC2)cc1. The van der Waals surface area contributed by atoms with Gasteiger partial charge < -0.3 is 4.90 Å². The van der Waals surface area contributed by atoms with Crippen LogP contribution in [0.15, 0.2) is 29.3 Å². The summed E-state index contributed by atoms with van der Waals surface area (Å²) in [6, 6.07) is 7.77. The van der Waals surface area contributed by atoms with Gasteiger partial charge in [0, 0.05) is 25.2 Å². The number of guanidine groups is 1. The maximum atomic E-state index is 12.5. The van der Waals surface area contributed by atoms with Gasteiger partial charge in [-0.1, -0.05) is 17.7 Å². The summed E-state index contributed by atoms with van der Waals surface area (Å²) < 4.78 is 0. The number of amides is 1. The first-order valence-corrected chi connectivity index (χ1v) is 6.93. The second-order valence-electron chi connectivity index (χ2n) is 5.20. The number of rotatable bonds is 1. The van der Waals surface area contributed by atoms with Crippen molar-refractivity contribution in [3.8, 4) is 0 Å². The van der Waals surface area contributed by atoms with Crippen LogP contribution in [-0.4, -0.2) is 47.8 Å². The van der Waals surface area contributed by atoms with Crippen LogP contribution in [0.5, 0.6) is 0 Å². The molecular weight excluding hydrogens is 238 g/mol. The minimum atomic E-state index is 0.0724. The Bertz CT molecular complexity index is 501. The molecule has 4 heteroatoms. The third-order valence-electron chi connectivity index (χ3n) is 3.75. The summed E-state index contributed by atoms with van der Waals surface area (Å²) in [5.41, 5.74) is 1.92. The Morgan fingerprint density at radius 1 is 1.11 bits per heavy atom. The molecule has 0 N–H and O–H groups in total. The van der Waals surface area contributed by atoms with Crippen LogP contribution in [0.2, 0.25) is 0 Å². The number of carbonyl (C=O) groups excluding carboxylic acids is 1. The number of benzene rings is 1. The molecule has 1 saturated heterocycles. The third-order valence-corrected chi connectivity index (χ3v) is 3.75. The third kappa shape index (κ3) is 2.35. The first kappa shape index (κ1) is 12.2. The van der Waals surface area contributed by atoms with Gasteiger partial charge in [0.05, 0.1) is 6.54 Å². The van der Waals surface area contributed by atoms with Crippen LogP contribution >= 0.6 is 0 Å². The molecule has 0 spiro atoms. The quantitative estimate of drug-likeness (QED) is 0.770.